The van der Waals surface area contributed by atoms with E-state index in [1.807, 2.05) is 4.90 Å². The van der Waals surface area contributed by atoms with Crippen LogP contribution in [0.1, 0.15) is 29.7 Å². The molecule has 2 aromatic carbocycles. The van der Waals surface area contributed by atoms with Gasteiger partial charge in [-0.3, -0.25) is 9.59 Å². The van der Waals surface area contributed by atoms with Gasteiger partial charge < -0.3 is 15.2 Å². The number of piperidine rings is 1. The van der Waals surface area contributed by atoms with Crippen LogP contribution in [0.4, 0.5) is 36.4 Å². The number of anilines is 1. The second kappa shape index (κ2) is 11.3. The minimum atomic E-state index is -5.19. The summed E-state index contributed by atoms with van der Waals surface area (Å²) in [6.07, 6.45) is -9.52. The van der Waals surface area contributed by atoms with Crippen molar-refractivity contribution >= 4 is 34.8 Å². The summed E-state index contributed by atoms with van der Waals surface area (Å²) in [5.41, 5.74) is -5.84. The average molecular weight is 611 g/mol. The van der Waals surface area contributed by atoms with Crippen LogP contribution in [0.2, 0.25) is 10.0 Å². The van der Waals surface area contributed by atoms with E-state index in [0.29, 0.717) is 42.0 Å². The lowest BCUT2D eigenvalue weighted by Crippen LogP contribution is -2.40. The number of nitrogens with one attached hydrogen (secondary N) is 2. The molecule has 1 aliphatic rings. The molecule has 1 fully saturated rings. The molecule has 214 valence electrons. The van der Waals surface area contributed by atoms with E-state index in [4.69, 9.17) is 23.2 Å². The highest BCUT2D eigenvalue weighted by atomic mass is 35.5. The van der Waals surface area contributed by atoms with Gasteiger partial charge in [-0.25, -0.2) is 9.37 Å². The van der Waals surface area contributed by atoms with E-state index in [0.717, 1.165) is 11.8 Å². The van der Waals surface area contributed by atoms with Gasteiger partial charge in [-0.05, 0) is 37.1 Å². The zero-order chi connectivity index (χ0) is 29.4. The van der Waals surface area contributed by atoms with Crippen molar-refractivity contribution in [2.24, 2.45) is 5.92 Å². The predicted molar refractivity (Wildman–Crippen MR) is 134 cm³/mol. The smallest absolute Gasteiger partial charge is 0.371 e. The van der Waals surface area contributed by atoms with E-state index in [2.05, 4.69) is 10.3 Å². The van der Waals surface area contributed by atoms with Crippen molar-refractivity contribution in [3.05, 3.63) is 79.4 Å². The molecule has 0 spiro atoms. The highest BCUT2D eigenvalue weighted by molar-refractivity contribution is 6.42. The van der Waals surface area contributed by atoms with Gasteiger partial charge in [-0.15, -0.1) is 0 Å². The van der Waals surface area contributed by atoms with Crippen molar-refractivity contribution in [2.45, 2.75) is 31.7 Å². The van der Waals surface area contributed by atoms with E-state index in [-0.39, 0.29) is 6.07 Å². The Balaban J connectivity index is 1.53. The molecule has 0 atom stereocenters. The van der Waals surface area contributed by atoms with Crippen molar-refractivity contribution in [3.8, 4) is 11.4 Å². The van der Waals surface area contributed by atoms with Crippen LogP contribution in [0.3, 0.4) is 0 Å². The quantitative estimate of drug-likeness (QED) is 0.325. The Hall–Kier alpha value is -3.32. The minimum Gasteiger partial charge on any atom is -0.371 e. The van der Waals surface area contributed by atoms with Gasteiger partial charge in [0.25, 0.3) is 5.56 Å². The number of alkyl halides is 6. The Morgan fingerprint density at radius 2 is 1.68 bits per heavy atom. The first-order valence-corrected chi connectivity index (χ1v) is 12.5. The molecule has 1 aliphatic heterocycles. The van der Waals surface area contributed by atoms with E-state index in [1.165, 1.54) is 0 Å². The number of hydrogen-bond acceptors (Lipinski definition) is 4. The van der Waals surface area contributed by atoms with E-state index in [9.17, 15) is 35.9 Å². The van der Waals surface area contributed by atoms with Gasteiger partial charge in [0.15, 0.2) is 5.69 Å². The highest BCUT2D eigenvalue weighted by Crippen LogP contribution is 2.39. The third-order valence-corrected chi connectivity index (χ3v) is 7.12. The SMILES string of the molecule is O=C(NCc1ccc(C(F)(F)F)c(-c2nc(C(F)(F)F)cc(=O)[nH]2)c1F)C1CCN(c2ccc(Cl)c(Cl)c2)CC1. The number of hydrogen-bond donors (Lipinski definition) is 2. The van der Waals surface area contributed by atoms with Crippen molar-refractivity contribution in [1.82, 2.24) is 15.3 Å². The fraction of sp³-hybridized carbons (Fsp3) is 0.320. The zero-order valence-corrected chi connectivity index (χ0v) is 21.7. The van der Waals surface area contributed by atoms with Crippen molar-refractivity contribution < 1.29 is 35.5 Å². The summed E-state index contributed by atoms with van der Waals surface area (Å²) in [5, 5.41) is 3.25. The monoisotopic (exact) mass is 610 g/mol. The molecular weight excluding hydrogens is 592 g/mol. The highest BCUT2D eigenvalue weighted by Gasteiger charge is 2.39. The molecule has 0 unspecified atom stereocenters. The van der Waals surface area contributed by atoms with Crippen molar-refractivity contribution in [1.29, 1.82) is 0 Å². The Labute approximate surface area is 232 Å². The first-order valence-electron chi connectivity index (χ1n) is 11.7. The maximum absolute atomic E-state index is 15.4. The topological polar surface area (TPSA) is 78.1 Å². The number of carbonyl (C=O) groups is 1. The molecule has 1 aromatic heterocycles. The van der Waals surface area contributed by atoms with Gasteiger partial charge in [0.1, 0.15) is 11.6 Å². The number of nitrogens with zero attached hydrogens (tertiary/aromatic N) is 2. The summed E-state index contributed by atoms with van der Waals surface area (Å²) in [5.74, 6) is -3.77. The van der Waals surface area contributed by atoms with E-state index in [1.54, 1.807) is 23.2 Å². The molecule has 2 N–H and O–H groups in total. The second-order valence-corrected chi connectivity index (χ2v) is 9.83. The summed E-state index contributed by atoms with van der Waals surface area (Å²) in [4.78, 5) is 31.3. The number of H-pyrrole nitrogens is 1. The predicted octanol–water partition coefficient (Wildman–Crippen LogP) is 6.45. The van der Waals surface area contributed by atoms with Crippen LogP contribution >= 0.6 is 23.2 Å². The lowest BCUT2D eigenvalue weighted by atomic mass is 9.95. The fourth-order valence-electron chi connectivity index (χ4n) is 4.35. The normalized spacial score (nSPS) is 14.9. The number of amides is 1. The number of benzene rings is 2. The lowest BCUT2D eigenvalue weighted by Gasteiger charge is -2.33. The Kier molecular flexibility index (Phi) is 8.36. The molecule has 0 saturated carbocycles. The van der Waals surface area contributed by atoms with Gasteiger partial charge in [-0.2, -0.15) is 26.3 Å². The van der Waals surface area contributed by atoms with Gasteiger partial charge >= 0.3 is 12.4 Å². The largest absolute Gasteiger partial charge is 0.433 e. The fourth-order valence-corrected chi connectivity index (χ4v) is 4.65. The molecule has 1 saturated heterocycles. The van der Waals surface area contributed by atoms with Gasteiger partial charge in [0.2, 0.25) is 5.91 Å². The van der Waals surface area contributed by atoms with Crippen molar-refractivity contribution in [3.63, 3.8) is 0 Å². The van der Waals surface area contributed by atoms with Crippen LogP contribution in [0, 0.1) is 11.7 Å². The van der Waals surface area contributed by atoms with E-state index >= 15 is 4.39 Å². The molecule has 3 aromatic rings. The van der Waals surface area contributed by atoms with Crippen LogP contribution in [0.5, 0.6) is 0 Å². The lowest BCUT2D eigenvalue weighted by molar-refractivity contribution is -0.141. The van der Waals surface area contributed by atoms with Crippen LogP contribution in [0.15, 0.2) is 41.2 Å². The Bertz CT molecular complexity index is 1480. The molecule has 2 heterocycles. The molecule has 0 aliphatic carbocycles. The van der Waals surface area contributed by atoms with Crippen LogP contribution in [-0.2, 0) is 23.7 Å². The standard InChI is InChI=1S/C25H19Cl2F7N4O2/c26-16-4-2-14(9-17(16)27)38-7-5-12(6-8-38)23(40)35-11-13-1-3-15(24(29,30)31)20(21(13)28)22-36-18(25(32,33)34)10-19(39)37-22/h1-4,9-10,12H,5-8,11H2,(H,35,40)(H,36,37,39). The Morgan fingerprint density at radius 3 is 2.27 bits per heavy atom. The second-order valence-electron chi connectivity index (χ2n) is 9.01. The molecule has 4 rings (SSSR count). The molecule has 40 heavy (non-hydrogen) atoms. The summed E-state index contributed by atoms with van der Waals surface area (Å²) in [7, 11) is 0. The Morgan fingerprint density at radius 1 is 1.00 bits per heavy atom. The minimum absolute atomic E-state index is 0.0472. The van der Waals surface area contributed by atoms with E-state index < -0.39 is 70.3 Å². The maximum atomic E-state index is 15.4. The molecule has 1 amide bonds. The van der Waals surface area contributed by atoms with Gasteiger partial charge in [0, 0.05) is 42.9 Å². The number of carbonyl (C=O) groups excluding carboxylic acids is 1. The van der Waals surface area contributed by atoms with Crippen LogP contribution in [-0.4, -0.2) is 29.0 Å². The number of aromatic amines is 1. The average Bonchev–Trinajstić information content (AvgIpc) is 2.88. The molecule has 0 bridgehead atoms. The summed E-state index contributed by atoms with van der Waals surface area (Å²) in [6.45, 7) is 0.429. The number of aromatic nitrogens is 2. The third kappa shape index (κ3) is 6.52. The maximum Gasteiger partial charge on any atom is 0.433 e. The molecular formula is C25H19Cl2F7N4O2. The van der Waals surface area contributed by atoms with Gasteiger partial charge in [-0.1, -0.05) is 29.3 Å². The number of rotatable bonds is 5. The van der Waals surface area contributed by atoms with Gasteiger partial charge in [0.05, 0.1) is 21.2 Å². The third-order valence-electron chi connectivity index (χ3n) is 6.38. The van der Waals surface area contributed by atoms with Crippen LogP contribution < -0.4 is 15.8 Å². The molecule has 6 nitrogen and oxygen atoms in total. The zero-order valence-electron chi connectivity index (χ0n) is 20.2. The summed E-state index contributed by atoms with van der Waals surface area (Å²) in [6, 6.07) is 6.39. The number of halogens is 9. The summed E-state index contributed by atoms with van der Waals surface area (Å²) < 4.78 is 95.7. The van der Waals surface area contributed by atoms with Crippen LogP contribution in [0.25, 0.3) is 11.4 Å². The summed E-state index contributed by atoms with van der Waals surface area (Å²) >= 11 is 12.0. The molecule has 15 heteroatoms. The molecule has 0 radical (unpaired) electrons. The first kappa shape index (κ1) is 29.7. The first-order chi connectivity index (χ1) is 18.6. The van der Waals surface area contributed by atoms with Crippen molar-refractivity contribution in [2.75, 3.05) is 18.0 Å².